The molecule has 96 valence electrons. The molecule has 0 aliphatic carbocycles. The summed E-state index contributed by atoms with van der Waals surface area (Å²) in [6, 6.07) is 4.58. The number of hydrogen-bond donors (Lipinski definition) is 0. The number of ether oxygens (including phenoxy) is 1. The molecule has 2 aliphatic heterocycles. The number of fused-ring (bicyclic) bond motifs is 1. The second-order valence-electron chi connectivity index (χ2n) is 5.49. The first-order chi connectivity index (χ1) is 8.49. The number of nitrogens with zero attached hydrogens (tertiary/aromatic N) is 1. The van der Waals surface area contributed by atoms with E-state index < -0.39 is 11.4 Å². The zero-order valence-corrected chi connectivity index (χ0v) is 10.6. The molecule has 0 bridgehead atoms. The summed E-state index contributed by atoms with van der Waals surface area (Å²) in [5, 5.41) is 0. The SMILES string of the molecule is CC1CC2(CC(=O)c3cc(F)ccc3O2)CN1C. The van der Waals surface area contributed by atoms with Gasteiger partial charge in [-0.15, -0.1) is 0 Å². The van der Waals surface area contributed by atoms with E-state index in [4.69, 9.17) is 4.74 Å². The van der Waals surface area contributed by atoms with Crippen LogP contribution < -0.4 is 4.74 Å². The molecule has 1 aromatic rings. The van der Waals surface area contributed by atoms with E-state index in [0.29, 0.717) is 23.8 Å². The Morgan fingerprint density at radius 3 is 2.94 bits per heavy atom. The molecule has 1 spiro atoms. The highest BCUT2D eigenvalue weighted by atomic mass is 19.1. The maximum Gasteiger partial charge on any atom is 0.170 e. The van der Waals surface area contributed by atoms with E-state index in [1.807, 2.05) is 7.05 Å². The van der Waals surface area contributed by atoms with Crippen LogP contribution in [-0.2, 0) is 0 Å². The van der Waals surface area contributed by atoms with Crippen LogP contribution in [0.2, 0.25) is 0 Å². The smallest absolute Gasteiger partial charge is 0.170 e. The largest absolute Gasteiger partial charge is 0.485 e. The van der Waals surface area contributed by atoms with Gasteiger partial charge >= 0.3 is 0 Å². The number of ketones is 1. The van der Waals surface area contributed by atoms with E-state index >= 15 is 0 Å². The molecular weight excluding hydrogens is 233 g/mol. The van der Waals surface area contributed by atoms with Crippen LogP contribution in [0.15, 0.2) is 18.2 Å². The van der Waals surface area contributed by atoms with Gasteiger partial charge in [0.05, 0.1) is 12.0 Å². The molecule has 1 fully saturated rings. The van der Waals surface area contributed by atoms with Gasteiger partial charge in [0.1, 0.15) is 17.2 Å². The van der Waals surface area contributed by atoms with Crippen LogP contribution in [0.1, 0.15) is 30.1 Å². The molecule has 0 radical (unpaired) electrons. The fourth-order valence-corrected chi connectivity index (χ4v) is 3.04. The van der Waals surface area contributed by atoms with Crippen LogP contribution in [0.5, 0.6) is 5.75 Å². The highest BCUT2D eigenvalue weighted by Crippen LogP contribution is 2.40. The summed E-state index contributed by atoms with van der Waals surface area (Å²) in [6.07, 6.45) is 1.18. The van der Waals surface area contributed by atoms with Crippen molar-refractivity contribution in [3.8, 4) is 5.75 Å². The van der Waals surface area contributed by atoms with Gasteiger partial charge in [-0.2, -0.15) is 0 Å². The Kier molecular flexibility index (Phi) is 2.45. The zero-order chi connectivity index (χ0) is 12.9. The maximum absolute atomic E-state index is 13.1. The maximum atomic E-state index is 13.1. The minimum Gasteiger partial charge on any atom is -0.485 e. The quantitative estimate of drug-likeness (QED) is 0.706. The summed E-state index contributed by atoms with van der Waals surface area (Å²) in [5.74, 6) is 0.118. The third kappa shape index (κ3) is 1.72. The van der Waals surface area contributed by atoms with Crippen molar-refractivity contribution in [1.29, 1.82) is 0 Å². The summed E-state index contributed by atoms with van der Waals surface area (Å²) in [4.78, 5) is 14.3. The monoisotopic (exact) mass is 249 g/mol. The third-order valence-electron chi connectivity index (χ3n) is 4.01. The molecule has 0 aromatic heterocycles. The van der Waals surface area contributed by atoms with E-state index in [1.165, 1.54) is 12.1 Å². The number of carbonyl (C=O) groups excluding carboxylic acids is 1. The standard InChI is InChI=1S/C14H16FNO2/c1-9-6-14(8-16(9)2)7-12(17)11-5-10(15)3-4-13(11)18-14/h3-5,9H,6-8H2,1-2H3. The van der Waals surface area contributed by atoms with Gasteiger partial charge in [-0.3, -0.25) is 9.69 Å². The van der Waals surface area contributed by atoms with Gasteiger partial charge in [-0.1, -0.05) is 0 Å². The molecule has 2 atom stereocenters. The van der Waals surface area contributed by atoms with Crippen LogP contribution in [0.4, 0.5) is 4.39 Å². The van der Waals surface area contributed by atoms with Gasteiger partial charge in [-0.25, -0.2) is 4.39 Å². The van der Waals surface area contributed by atoms with E-state index in [9.17, 15) is 9.18 Å². The average Bonchev–Trinajstić information content (AvgIpc) is 2.55. The number of carbonyl (C=O) groups is 1. The predicted molar refractivity (Wildman–Crippen MR) is 65.4 cm³/mol. The van der Waals surface area contributed by atoms with Gasteiger partial charge in [0.15, 0.2) is 5.78 Å². The Hall–Kier alpha value is -1.42. The van der Waals surface area contributed by atoms with E-state index in [-0.39, 0.29) is 5.78 Å². The van der Waals surface area contributed by atoms with Crippen molar-refractivity contribution in [2.24, 2.45) is 0 Å². The van der Waals surface area contributed by atoms with Crippen molar-refractivity contribution in [3.63, 3.8) is 0 Å². The number of benzene rings is 1. The lowest BCUT2D eigenvalue weighted by atomic mass is 9.88. The molecule has 2 heterocycles. The van der Waals surface area contributed by atoms with Crippen molar-refractivity contribution < 1.29 is 13.9 Å². The number of rotatable bonds is 0. The molecule has 4 heteroatoms. The number of halogens is 1. The lowest BCUT2D eigenvalue weighted by molar-refractivity contribution is 0.0473. The molecule has 0 N–H and O–H groups in total. The molecular formula is C14H16FNO2. The molecule has 0 amide bonds. The van der Waals surface area contributed by atoms with Crippen molar-refractivity contribution >= 4 is 5.78 Å². The Morgan fingerprint density at radius 1 is 1.50 bits per heavy atom. The second kappa shape index (κ2) is 3.79. The highest BCUT2D eigenvalue weighted by Gasteiger charge is 2.47. The van der Waals surface area contributed by atoms with Gasteiger partial charge in [-0.05, 0) is 32.2 Å². The van der Waals surface area contributed by atoms with Crippen molar-refractivity contribution in [2.75, 3.05) is 13.6 Å². The van der Waals surface area contributed by atoms with Crippen LogP contribution in [0.3, 0.4) is 0 Å². The molecule has 3 nitrogen and oxygen atoms in total. The average molecular weight is 249 g/mol. The normalized spacial score (nSPS) is 31.5. The molecule has 2 unspecified atom stereocenters. The topological polar surface area (TPSA) is 29.5 Å². The molecule has 0 saturated carbocycles. The van der Waals surface area contributed by atoms with Crippen molar-refractivity contribution in [3.05, 3.63) is 29.6 Å². The van der Waals surface area contributed by atoms with Crippen LogP contribution >= 0.6 is 0 Å². The van der Waals surface area contributed by atoms with Gasteiger partial charge < -0.3 is 4.74 Å². The highest BCUT2D eigenvalue weighted by molar-refractivity contribution is 6.00. The number of Topliss-reactive ketones (excluding diaryl/α,β-unsaturated/α-hetero) is 1. The molecule has 1 saturated heterocycles. The summed E-state index contributed by atoms with van der Waals surface area (Å²) >= 11 is 0. The Bertz CT molecular complexity index is 505. The Balaban J connectivity index is 1.97. The summed E-state index contributed by atoms with van der Waals surface area (Å²) in [6.45, 7) is 2.87. The molecule has 3 rings (SSSR count). The first-order valence-electron chi connectivity index (χ1n) is 6.21. The van der Waals surface area contributed by atoms with E-state index in [0.717, 1.165) is 13.0 Å². The summed E-state index contributed by atoms with van der Waals surface area (Å²) < 4.78 is 19.2. The van der Waals surface area contributed by atoms with Crippen LogP contribution in [-0.4, -0.2) is 35.9 Å². The van der Waals surface area contributed by atoms with Crippen LogP contribution in [0.25, 0.3) is 0 Å². The first-order valence-corrected chi connectivity index (χ1v) is 6.21. The summed E-state index contributed by atoms with van der Waals surface area (Å²) in [7, 11) is 2.04. The van der Waals surface area contributed by atoms with Crippen LogP contribution in [0, 0.1) is 5.82 Å². The lowest BCUT2D eigenvalue weighted by Gasteiger charge is -2.34. The fraction of sp³-hybridized carbons (Fsp3) is 0.500. The van der Waals surface area contributed by atoms with Crippen molar-refractivity contribution in [1.82, 2.24) is 4.90 Å². The van der Waals surface area contributed by atoms with E-state index in [2.05, 4.69) is 11.8 Å². The Labute approximate surface area is 106 Å². The Morgan fingerprint density at radius 2 is 2.28 bits per heavy atom. The lowest BCUT2D eigenvalue weighted by Crippen LogP contribution is -2.44. The molecule has 2 aliphatic rings. The second-order valence-corrected chi connectivity index (χ2v) is 5.49. The van der Waals surface area contributed by atoms with Gasteiger partial charge in [0.25, 0.3) is 0 Å². The number of hydrogen-bond acceptors (Lipinski definition) is 3. The summed E-state index contributed by atoms with van der Waals surface area (Å²) in [5.41, 5.74) is -0.0429. The van der Waals surface area contributed by atoms with Gasteiger partial charge in [0, 0.05) is 19.0 Å². The number of likely N-dealkylation sites (tertiary alicyclic amines) is 1. The van der Waals surface area contributed by atoms with Crippen molar-refractivity contribution in [2.45, 2.75) is 31.4 Å². The molecule has 1 aromatic carbocycles. The van der Waals surface area contributed by atoms with Gasteiger partial charge in [0.2, 0.25) is 0 Å². The predicted octanol–water partition coefficient (Wildman–Crippen LogP) is 2.25. The number of likely N-dealkylation sites (N-methyl/N-ethyl adjacent to an activating group) is 1. The third-order valence-corrected chi connectivity index (χ3v) is 4.01. The zero-order valence-electron chi connectivity index (χ0n) is 10.6. The minimum absolute atomic E-state index is 0.0155. The minimum atomic E-state index is -0.421. The van der Waals surface area contributed by atoms with E-state index in [1.54, 1.807) is 6.07 Å². The molecule has 18 heavy (non-hydrogen) atoms. The first kappa shape index (κ1) is 11.7. The fourth-order valence-electron chi connectivity index (χ4n) is 3.04.